The minimum Gasteiger partial charge on any atom is -0.481 e. The molecule has 0 saturated heterocycles. The van der Waals surface area contributed by atoms with Crippen LogP contribution in [-0.4, -0.2) is 25.8 Å². The van der Waals surface area contributed by atoms with Crippen molar-refractivity contribution in [1.82, 2.24) is 0 Å². The minimum absolute atomic E-state index is 0.00309. The summed E-state index contributed by atoms with van der Waals surface area (Å²) >= 11 is 0. The van der Waals surface area contributed by atoms with Crippen LogP contribution >= 0.6 is 0 Å². The lowest BCUT2D eigenvalue weighted by molar-refractivity contribution is -0.136. The van der Waals surface area contributed by atoms with Crippen molar-refractivity contribution in [3.05, 3.63) is 0 Å². The zero-order chi connectivity index (χ0) is 10.4. The molecule has 0 amide bonds. The molecular formula is C9H18O3S. The number of carbonyl (C=O) groups is 1. The van der Waals surface area contributed by atoms with E-state index in [1.165, 1.54) is 0 Å². The maximum absolute atomic E-state index is 11.7. The van der Waals surface area contributed by atoms with Gasteiger partial charge in [-0.3, -0.25) is 9.00 Å². The summed E-state index contributed by atoms with van der Waals surface area (Å²) in [5, 5.41) is 8.44. The van der Waals surface area contributed by atoms with Gasteiger partial charge in [0.25, 0.3) is 0 Å². The van der Waals surface area contributed by atoms with Crippen LogP contribution in [0.4, 0.5) is 0 Å². The van der Waals surface area contributed by atoms with Gasteiger partial charge in [0.1, 0.15) is 0 Å². The van der Waals surface area contributed by atoms with Crippen molar-refractivity contribution >= 4 is 16.8 Å². The molecule has 2 unspecified atom stereocenters. The van der Waals surface area contributed by atoms with Crippen molar-refractivity contribution in [2.24, 2.45) is 0 Å². The second kappa shape index (κ2) is 6.13. The lowest BCUT2D eigenvalue weighted by atomic mass is 10.3. The monoisotopic (exact) mass is 206 g/mol. The Morgan fingerprint density at radius 2 is 1.85 bits per heavy atom. The van der Waals surface area contributed by atoms with Crippen LogP contribution in [0, 0.1) is 0 Å². The van der Waals surface area contributed by atoms with E-state index in [9.17, 15) is 9.00 Å². The summed E-state index contributed by atoms with van der Waals surface area (Å²) in [5.41, 5.74) is 0. The lowest BCUT2D eigenvalue weighted by Crippen LogP contribution is -2.25. The standard InChI is InChI=1S/C9H18O3S/c1-4-8(5-2)13(12)7(3)6-9(10)11/h7-8H,4-6H2,1-3H3,(H,10,11). The summed E-state index contributed by atoms with van der Waals surface area (Å²) in [5.74, 6) is -0.869. The van der Waals surface area contributed by atoms with Crippen molar-refractivity contribution in [3.8, 4) is 0 Å². The second-order valence-corrected chi connectivity index (χ2v) is 5.30. The Balaban J connectivity index is 4.14. The lowest BCUT2D eigenvalue weighted by Gasteiger charge is -2.16. The third kappa shape index (κ3) is 4.41. The Hall–Kier alpha value is -0.380. The highest BCUT2D eigenvalue weighted by Gasteiger charge is 2.20. The van der Waals surface area contributed by atoms with Gasteiger partial charge in [-0.1, -0.05) is 20.8 Å². The van der Waals surface area contributed by atoms with E-state index in [0.29, 0.717) is 0 Å². The van der Waals surface area contributed by atoms with Crippen LogP contribution in [0.1, 0.15) is 40.0 Å². The minimum atomic E-state index is -1.00. The first-order valence-electron chi connectivity index (χ1n) is 4.64. The molecule has 0 spiro atoms. The predicted octanol–water partition coefficient (Wildman–Crippen LogP) is 1.79. The first-order valence-corrected chi connectivity index (χ1v) is 5.91. The first-order chi connectivity index (χ1) is 6.02. The van der Waals surface area contributed by atoms with Crippen LogP contribution < -0.4 is 0 Å². The fourth-order valence-corrected chi connectivity index (χ4v) is 2.89. The van der Waals surface area contributed by atoms with Crippen LogP contribution in [0.25, 0.3) is 0 Å². The molecule has 4 heteroatoms. The molecule has 0 aromatic rings. The van der Waals surface area contributed by atoms with E-state index < -0.39 is 16.8 Å². The van der Waals surface area contributed by atoms with E-state index >= 15 is 0 Å². The summed E-state index contributed by atoms with van der Waals surface area (Å²) in [4.78, 5) is 10.4. The smallest absolute Gasteiger partial charge is 0.304 e. The summed E-state index contributed by atoms with van der Waals surface area (Å²) in [6.45, 7) is 5.71. The quantitative estimate of drug-likeness (QED) is 0.720. The van der Waals surface area contributed by atoms with Crippen molar-refractivity contribution in [2.75, 3.05) is 0 Å². The molecular weight excluding hydrogens is 188 g/mol. The van der Waals surface area contributed by atoms with Crippen LogP contribution in [0.2, 0.25) is 0 Å². The largest absolute Gasteiger partial charge is 0.481 e. The van der Waals surface area contributed by atoms with Gasteiger partial charge in [0.2, 0.25) is 0 Å². The molecule has 1 N–H and O–H groups in total. The fourth-order valence-electron chi connectivity index (χ4n) is 1.27. The number of aliphatic carboxylic acids is 1. The fraction of sp³-hybridized carbons (Fsp3) is 0.889. The highest BCUT2D eigenvalue weighted by Crippen LogP contribution is 2.13. The van der Waals surface area contributed by atoms with Gasteiger partial charge in [0, 0.05) is 21.3 Å². The van der Waals surface area contributed by atoms with Crippen LogP contribution in [-0.2, 0) is 15.6 Å². The van der Waals surface area contributed by atoms with Gasteiger partial charge in [-0.05, 0) is 12.8 Å². The topological polar surface area (TPSA) is 54.4 Å². The van der Waals surface area contributed by atoms with Crippen molar-refractivity contribution < 1.29 is 14.1 Å². The van der Waals surface area contributed by atoms with E-state index in [2.05, 4.69) is 0 Å². The third-order valence-corrected chi connectivity index (χ3v) is 4.38. The first kappa shape index (κ1) is 12.6. The summed E-state index contributed by atoms with van der Waals surface area (Å²) in [6, 6.07) is 0. The number of rotatable bonds is 6. The van der Waals surface area contributed by atoms with Crippen molar-refractivity contribution in [2.45, 2.75) is 50.5 Å². The van der Waals surface area contributed by atoms with E-state index in [-0.39, 0.29) is 16.9 Å². The molecule has 2 atom stereocenters. The van der Waals surface area contributed by atoms with E-state index in [1.54, 1.807) is 6.92 Å². The summed E-state index contributed by atoms with van der Waals surface area (Å²) in [6.07, 6.45) is 1.71. The SMILES string of the molecule is CCC(CC)S(=O)C(C)CC(=O)O. The molecule has 13 heavy (non-hydrogen) atoms. The maximum Gasteiger partial charge on any atom is 0.304 e. The number of hydrogen-bond donors (Lipinski definition) is 1. The molecule has 0 aliphatic heterocycles. The molecule has 78 valence electrons. The summed E-state index contributed by atoms with van der Waals surface area (Å²) < 4.78 is 11.7. The van der Waals surface area contributed by atoms with E-state index in [0.717, 1.165) is 12.8 Å². The van der Waals surface area contributed by atoms with E-state index in [1.807, 2.05) is 13.8 Å². The molecule has 0 radical (unpaired) electrons. The second-order valence-electron chi connectivity index (χ2n) is 3.18. The highest BCUT2D eigenvalue weighted by molar-refractivity contribution is 7.86. The average Bonchev–Trinajstić information content (AvgIpc) is 2.05. The van der Waals surface area contributed by atoms with Gasteiger partial charge in [-0.15, -0.1) is 0 Å². The Kier molecular flexibility index (Phi) is 5.95. The Morgan fingerprint density at radius 1 is 1.38 bits per heavy atom. The Bertz CT molecular complexity index is 187. The maximum atomic E-state index is 11.7. The number of hydrogen-bond acceptors (Lipinski definition) is 2. The molecule has 0 fully saturated rings. The van der Waals surface area contributed by atoms with Crippen molar-refractivity contribution in [1.29, 1.82) is 0 Å². The van der Waals surface area contributed by atoms with Gasteiger partial charge in [-0.2, -0.15) is 0 Å². The normalized spacial score (nSPS) is 15.7. The molecule has 0 aromatic carbocycles. The average molecular weight is 206 g/mol. The zero-order valence-corrected chi connectivity index (χ0v) is 9.26. The molecule has 0 aromatic heterocycles. The molecule has 0 aliphatic rings. The predicted molar refractivity (Wildman–Crippen MR) is 54.2 cm³/mol. The van der Waals surface area contributed by atoms with Gasteiger partial charge in [-0.25, -0.2) is 0 Å². The zero-order valence-electron chi connectivity index (χ0n) is 8.45. The molecule has 0 rings (SSSR count). The van der Waals surface area contributed by atoms with Gasteiger partial charge in [0.15, 0.2) is 0 Å². The van der Waals surface area contributed by atoms with E-state index in [4.69, 9.17) is 5.11 Å². The van der Waals surface area contributed by atoms with Gasteiger partial charge >= 0.3 is 5.97 Å². The van der Waals surface area contributed by atoms with Crippen LogP contribution in [0.15, 0.2) is 0 Å². The van der Waals surface area contributed by atoms with Gasteiger partial charge in [0.05, 0.1) is 6.42 Å². The molecule has 0 bridgehead atoms. The molecule has 3 nitrogen and oxygen atoms in total. The molecule has 0 aliphatic carbocycles. The number of carboxylic acids is 1. The van der Waals surface area contributed by atoms with Crippen molar-refractivity contribution in [3.63, 3.8) is 0 Å². The number of carboxylic acid groups (broad SMARTS) is 1. The Morgan fingerprint density at radius 3 is 2.15 bits per heavy atom. The summed E-state index contributed by atoms with van der Waals surface area (Å²) in [7, 11) is -1.00. The highest BCUT2D eigenvalue weighted by atomic mass is 32.2. The van der Waals surface area contributed by atoms with Crippen LogP contribution in [0.5, 0.6) is 0 Å². The third-order valence-electron chi connectivity index (χ3n) is 2.10. The molecule has 0 saturated carbocycles. The molecule has 0 heterocycles. The Labute approximate surface area is 82.0 Å². The van der Waals surface area contributed by atoms with Crippen LogP contribution in [0.3, 0.4) is 0 Å². The van der Waals surface area contributed by atoms with Gasteiger partial charge < -0.3 is 5.11 Å².